The fourth-order valence-electron chi connectivity index (χ4n) is 2.58. The number of nitrogens with zero attached hydrogens (tertiary/aromatic N) is 1. The molecule has 1 atom stereocenters. The van der Waals surface area contributed by atoms with Gasteiger partial charge in [-0.05, 0) is 30.7 Å². The maximum Gasteiger partial charge on any atom is 0.239 e. The van der Waals surface area contributed by atoms with Gasteiger partial charge in [0.1, 0.15) is 0 Å². The number of benzene rings is 1. The molecule has 5 heteroatoms. The lowest BCUT2D eigenvalue weighted by molar-refractivity contribution is -0.133. The molecule has 1 amide bonds. The maximum atomic E-state index is 12.3. The van der Waals surface area contributed by atoms with E-state index < -0.39 is 0 Å². The second-order valence-electron chi connectivity index (χ2n) is 5.47. The van der Waals surface area contributed by atoms with Gasteiger partial charge in [0.05, 0.1) is 6.04 Å². The van der Waals surface area contributed by atoms with Gasteiger partial charge in [-0.3, -0.25) is 4.79 Å². The van der Waals surface area contributed by atoms with Gasteiger partial charge in [-0.15, -0.1) is 12.4 Å². The van der Waals surface area contributed by atoms with Crippen molar-refractivity contribution in [2.45, 2.75) is 25.3 Å². The van der Waals surface area contributed by atoms with E-state index in [-0.39, 0.29) is 30.3 Å². The van der Waals surface area contributed by atoms with Crippen molar-refractivity contribution in [1.29, 1.82) is 0 Å². The molecule has 1 fully saturated rings. The van der Waals surface area contributed by atoms with E-state index in [2.05, 4.69) is 12.1 Å². The van der Waals surface area contributed by atoms with E-state index in [1.807, 2.05) is 25.2 Å². The molecule has 1 aromatic carbocycles. The minimum atomic E-state index is -0.389. The number of hydrogen-bond acceptors (Lipinski definition) is 3. The highest BCUT2D eigenvalue weighted by Gasteiger charge is 2.28. The number of carbonyl (C=O) groups is 1. The summed E-state index contributed by atoms with van der Waals surface area (Å²) >= 11 is 0. The Morgan fingerprint density at radius 3 is 2.57 bits per heavy atom. The average Bonchev–Trinajstić information content (AvgIpc) is 2.53. The van der Waals surface area contributed by atoms with E-state index in [1.54, 1.807) is 4.90 Å². The largest absolute Gasteiger partial charge is 0.381 e. The SMILES string of the molecule is CN(CCc1ccccc1)C(=O)C(N)C1CCOCC1.Cl. The maximum absolute atomic E-state index is 12.3. The van der Waals surface area contributed by atoms with Crippen molar-refractivity contribution in [3.05, 3.63) is 35.9 Å². The molecule has 1 aromatic rings. The molecule has 2 rings (SSSR count). The minimum Gasteiger partial charge on any atom is -0.381 e. The third-order valence-corrected chi connectivity index (χ3v) is 4.01. The quantitative estimate of drug-likeness (QED) is 0.903. The molecule has 1 saturated heterocycles. The van der Waals surface area contributed by atoms with Crippen LogP contribution in [0.5, 0.6) is 0 Å². The van der Waals surface area contributed by atoms with Gasteiger partial charge in [0, 0.05) is 26.8 Å². The van der Waals surface area contributed by atoms with E-state index in [0.717, 1.165) is 32.5 Å². The molecule has 1 unspecified atom stereocenters. The molecular formula is C16H25ClN2O2. The van der Waals surface area contributed by atoms with Gasteiger partial charge in [-0.2, -0.15) is 0 Å². The average molecular weight is 313 g/mol. The van der Waals surface area contributed by atoms with Crippen LogP contribution in [0.1, 0.15) is 18.4 Å². The van der Waals surface area contributed by atoms with Crippen molar-refractivity contribution in [3.63, 3.8) is 0 Å². The van der Waals surface area contributed by atoms with Crippen LogP contribution in [0.15, 0.2) is 30.3 Å². The number of amides is 1. The number of halogens is 1. The Morgan fingerprint density at radius 2 is 1.95 bits per heavy atom. The molecule has 2 N–H and O–H groups in total. The van der Waals surface area contributed by atoms with Crippen LogP contribution in [0.25, 0.3) is 0 Å². The Bertz CT molecular complexity index is 422. The van der Waals surface area contributed by atoms with E-state index in [1.165, 1.54) is 5.56 Å². The van der Waals surface area contributed by atoms with Crippen molar-refractivity contribution in [1.82, 2.24) is 4.90 Å². The lowest BCUT2D eigenvalue weighted by Crippen LogP contribution is -2.48. The van der Waals surface area contributed by atoms with Crippen LogP contribution in [0, 0.1) is 5.92 Å². The number of ether oxygens (including phenoxy) is 1. The first kappa shape index (κ1) is 18.0. The Morgan fingerprint density at radius 1 is 1.33 bits per heavy atom. The molecule has 1 aliphatic heterocycles. The third-order valence-electron chi connectivity index (χ3n) is 4.01. The van der Waals surface area contributed by atoms with Gasteiger partial charge in [-0.25, -0.2) is 0 Å². The van der Waals surface area contributed by atoms with E-state index in [0.29, 0.717) is 6.54 Å². The van der Waals surface area contributed by atoms with Crippen molar-refractivity contribution >= 4 is 18.3 Å². The van der Waals surface area contributed by atoms with Gasteiger partial charge < -0.3 is 15.4 Å². The lowest BCUT2D eigenvalue weighted by atomic mass is 9.91. The normalized spacial score (nSPS) is 16.9. The lowest BCUT2D eigenvalue weighted by Gasteiger charge is -2.29. The monoisotopic (exact) mass is 312 g/mol. The van der Waals surface area contributed by atoms with Crippen LogP contribution in [0.4, 0.5) is 0 Å². The smallest absolute Gasteiger partial charge is 0.239 e. The predicted molar refractivity (Wildman–Crippen MR) is 86.5 cm³/mol. The molecular weight excluding hydrogens is 288 g/mol. The summed E-state index contributed by atoms with van der Waals surface area (Å²) in [6.45, 7) is 2.15. The summed E-state index contributed by atoms with van der Waals surface area (Å²) in [5.74, 6) is 0.309. The van der Waals surface area contributed by atoms with Crippen LogP contribution in [-0.2, 0) is 16.0 Å². The Balaban J connectivity index is 0.00000220. The zero-order valence-corrected chi connectivity index (χ0v) is 13.3. The second kappa shape index (κ2) is 9.03. The molecule has 0 radical (unpaired) electrons. The summed E-state index contributed by atoms with van der Waals surface area (Å²) in [5, 5.41) is 0. The van der Waals surface area contributed by atoms with Gasteiger partial charge in [0.2, 0.25) is 5.91 Å². The fraction of sp³-hybridized carbons (Fsp3) is 0.562. The minimum absolute atomic E-state index is 0. The number of rotatable bonds is 5. The second-order valence-corrected chi connectivity index (χ2v) is 5.47. The molecule has 4 nitrogen and oxygen atoms in total. The first-order valence-corrected chi connectivity index (χ1v) is 7.30. The molecule has 1 heterocycles. The highest BCUT2D eigenvalue weighted by Crippen LogP contribution is 2.18. The van der Waals surface area contributed by atoms with Crippen molar-refractivity contribution < 1.29 is 9.53 Å². The van der Waals surface area contributed by atoms with Crippen molar-refractivity contribution in [3.8, 4) is 0 Å². The highest BCUT2D eigenvalue weighted by atomic mass is 35.5. The van der Waals surface area contributed by atoms with Gasteiger partial charge >= 0.3 is 0 Å². The molecule has 0 bridgehead atoms. The summed E-state index contributed by atoms with van der Waals surface area (Å²) in [6, 6.07) is 9.81. The summed E-state index contributed by atoms with van der Waals surface area (Å²) in [7, 11) is 1.84. The number of hydrogen-bond donors (Lipinski definition) is 1. The van der Waals surface area contributed by atoms with Crippen LogP contribution in [0.3, 0.4) is 0 Å². The van der Waals surface area contributed by atoms with Gasteiger partial charge in [0.25, 0.3) is 0 Å². The third kappa shape index (κ3) is 5.30. The molecule has 0 aliphatic carbocycles. The molecule has 118 valence electrons. The number of nitrogens with two attached hydrogens (primary N) is 1. The summed E-state index contributed by atoms with van der Waals surface area (Å²) in [4.78, 5) is 14.1. The topological polar surface area (TPSA) is 55.6 Å². The van der Waals surface area contributed by atoms with Gasteiger partial charge in [0.15, 0.2) is 0 Å². The van der Waals surface area contributed by atoms with Gasteiger partial charge in [-0.1, -0.05) is 30.3 Å². The Hall–Kier alpha value is -1.10. The van der Waals surface area contributed by atoms with Crippen LogP contribution in [-0.4, -0.2) is 43.7 Å². The summed E-state index contributed by atoms with van der Waals surface area (Å²) < 4.78 is 5.31. The zero-order chi connectivity index (χ0) is 14.4. The highest BCUT2D eigenvalue weighted by molar-refractivity contribution is 5.85. The summed E-state index contributed by atoms with van der Waals surface area (Å²) in [5.41, 5.74) is 7.36. The fourth-order valence-corrected chi connectivity index (χ4v) is 2.58. The summed E-state index contributed by atoms with van der Waals surface area (Å²) in [6.07, 6.45) is 2.64. The Labute approximate surface area is 133 Å². The predicted octanol–water partition coefficient (Wildman–Crippen LogP) is 1.86. The van der Waals surface area contributed by atoms with E-state index in [4.69, 9.17) is 10.5 Å². The van der Waals surface area contributed by atoms with Crippen LogP contribution < -0.4 is 5.73 Å². The van der Waals surface area contributed by atoms with E-state index >= 15 is 0 Å². The standard InChI is InChI=1S/C16H24N2O2.ClH/c1-18(10-7-13-5-3-2-4-6-13)16(19)15(17)14-8-11-20-12-9-14;/h2-6,14-15H,7-12,17H2,1H3;1H. The molecule has 1 aliphatic rings. The molecule has 0 saturated carbocycles. The van der Waals surface area contributed by atoms with Crippen LogP contribution in [0.2, 0.25) is 0 Å². The molecule has 0 spiro atoms. The Kier molecular flexibility index (Phi) is 7.72. The molecule has 0 aromatic heterocycles. The van der Waals surface area contributed by atoms with E-state index in [9.17, 15) is 4.79 Å². The first-order valence-electron chi connectivity index (χ1n) is 7.30. The molecule has 21 heavy (non-hydrogen) atoms. The number of likely N-dealkylation sites (N-methyl/N-ethyl adjacent to an activating group) is 1. The van der Waals surface area contributed by atoms with Crippen molar-refractivity contribution in [2.75, 3.05) is 26.8 Å². The van der Waals surface area contributed by atoms with Crippen molar-refractivity contribution in [2.24, 2.45) is 11.7 Å². The number of carbonyl (C=O) groups excluding carboxylic acids is 1. The first-order chi connectivity index (χ1) is 9.68. The zero-order valence-electron chi connectivity index (χ0n) is 12.5. The van der Waals surface area contributed by atoms with Crippen LogP contribution >= 0.6 is 12.4 Å².